The topological polar surface area (TPSA) is 66.0 Å². The zero-order chi connectivity index (χ0) is 9.35. The number of carboxylic acid groups (broad SMARTS) is 1. The van der Waals surface area contributed by atoms with E-state index in [1.807, 2.05) is 0 Å². The SMILES string of the molecule is CC(C)(F)c1ncc(C(=O)O)[nH]1. The van der Waals surface area contributed by atoms with Gasteiger partial charge in [-0.25, -0.2) is 14.2 Å². The molecule has 0 aliphatic heterocycles. The normalized spacial score (nSPS) is 11.6. The maximum absolute atomic E-state index is 13.1. The number of H-pyrrole nitrogens is 1. The van der Waals surface area contributed by atoms with Crippen LogP contribution in [-0.4, -0.2) is 21.0 Å². The Morgan fingerprint density at radius 1 is 1.75 bits per heavy atom. The van der Waals surface area contributed by atoms with Crippen molar-refractivity contribution in [1.82, 2.24) is 9.97 Å². The van der Waals surface area contributed by atoms with E-state index >= 15 is 0 Å². The molecule has 0 bridgehead atoms. The summed E-state index contributed by atoms with van der Waals surface area (Å²) in [5.74, 6) is -1.11. The Hall–Kier alpha value is -1.39. The molecule has 1 aromatic rings. The van der Waals surface area contributed by atoms with E-state index in [0.29, 0.717) is 0 Å². The number of aromatic carboxylic acids is 1. The number of hydrogen-bond acceptors (Lipinski definition) is 2. The van der Waals surface area contributed by atoms with E-state index in [0.717, 1.165) is 6.20 Å². The van der Waals surface area contributed by atoms with Crippen LogP contribution in [0.5, 0.6) is 0 Å². The molecular weight excluding hydrogens is 163 g/mol. The summed E-state index contributed by atoms with van der Waals surface area (Å²) in [4.78, 5) is 16.3. The minimum atomic E-state index is -1.63. The summed E-state index contributed by atoms with van der Waals surface area (Å²) in [5, 5.41) is 8.47. The lowest BCUT2D eigenvalue weighted by Gasteiger charge is -2.08. The fourth-order valence-electron chi connectivity index (χ4n) is 0.732. The third kappa shape index (κ3) is 1.61. The second-order valence-corrected chi connectivity index (χ2v) is 2.92. The molecular formula is C7H9FN2O2. The molecule has 0 atom stereocenters. The van der Waals surface area contributed by atoms with E-state index in [9.17, 15) is 9.18 Å². The standard InChI is InChI=1S/C7H9FN2O2/c1-7(2,8)6-9-3-4(10-6)5(11)12/h3H,1-2H3,(H,9,10)(H,11,12). The lowest BCUT2D eigenvalue weighted by molar-refractivity contribution is 0.0690. The number of alkyl halides is 1. The van der Waals surface area contributed by atoms with Gasteiger partial charge in [0.1, 0.15) is 11.5 Å². The molecule has 0 saturated carbocycles. The maximum Gasteiger partial charge on any atom is 0.353 e. The van der Waals surface area contributed by atoms with Gasteiger partial charge in [-0.3, -0.25) is 0 Å². The van der Waals surface area contributed by atoms with Crippen LogP contribution in [0, 0.1) is 0 Å². The molecule has 0 radical (unpaired) electrons. The average molecular weight is 172 g/mol. The lowest BCUT2D eigenvalue weighted by atomic mass is 10.2. The molecule has 1 aromatic heterocycles. The summed E-state index contributed by atoms with van der Waals surface area (Å²) < 4.78 is 13.1. The first-order valence-corrected chi connectivity index (χ1v) is 3.39. The highest BCUT2D eigenvalue weighted by molar-refractivity contribution is 5.85. The molecule has 0 saturated heterocycles. The number of nitrogens with one attached hydrogen (secondary N) is 1. The minimum Gasteiger partial charge on any atom is -0.477 e. The second-order valence-electron chi connectivity index (χ2n) is 2.92. The summed E-state index contributed by atoms with van der Waals surface area (Å²) in [6.07, 6.45) is 1.10. The molecule has 12 heavy (non-hydrogen) atoms. The molecule has 4 nitrogen and oxygen atoms in total. The number of carboxylic acids is 1. The first kappa shape index (κ1) is 8.70. The van der Waals surface area contributed by atoms with Gasteiger partial charge < -0.3 is 10.1 Å². The Morgan fingerprint density at radius 3 is 2.58 bits per heavy atom. The lowest BCUT2D eigenvalue weighted by Crippen LogP contribution is -2.11. The van der Waals surface area contributed by atoms with Crippen molar-refractivity contribution in [1.29, 1.82) is 0 Å². The van der Waals surface area contributed by atoms with Crippen LogP contribution in [0.25, 0.3) is 0 Å². The molecule has 0 amide bonds. The number of halogens is 1. The van der Waals surface area contributed by atoms with Crippen molar-refractivity contribution in [2.75, 3.05) is 0 Å². The quantitative estimate of drug-likeness (QED) is 0.706. The van der Waals surface area contributed by atoms with Crippen molar-refractivity contribution in [3.63, 3.8) is 0 Å². The highest BCUT2D eigenvalue weighted by Crippen LogP contribution is 2.20. The van der Waals surface area contributed by atoms with Crippen LogP contribution in [0.1, 0.15) is 30.2 Å². The van der Waals surface area contributed by atoms with E-state index in [2.05, 4.69) is 9.97 Å². The smallest absolute Gasteiger partial charge is 0.353 e. The first-order valence-electron chi connectivity index (χ1n) is 3.39. The summed E-state index contributed by atoms with van der Waals surface area (Å²) in [5.41, 5.74) is -1.73. The predicted octanol–water partition coefficient (Wildman–Crippen LogP) is 1.31. The van der Waals surface area contributed by atoms with Gasteiger partial charge in [0, 0.05) is 0 Å². The Labute approximate surface area is 68.4 Å². The fourth-order valence-corrected chi connectivity index (χ4v) is 0.732. The third-order valence-corrected chi connectivity index (χ3v) is 1.37. The monoisotopic (exact) mass is 172 g/mol. The van der Waals surface area contributed by atoms with Crippen molar-refractivity contribution in [3.8, 4) is 0 Å². The number of rotatable bonds is 2. The predicted molar refractivity (Wildman–Crippen MR) is 39.7 cm³/mol. The molecule has 5 heteroatoms. The Kier molecular flexibility index (Phi) is 1.87. The summed E-state index contributed by atoms with van der Waals surface area (Å²) >= 11 is 0. The minimum absolute atomic E-state index is 0.0277. The van der Waals surface area contributed by atoms with Gasteiger partial charge in [-0.1, -0.05) is 0 Å². The van der Waals surface area contributed by atoms with E-state index in [4.69, 9.17) is 5.11 Å². The largest absolute Gasteiger partial charge is 0.477 e. The Bertz CT molecular complexity index is 301. The highest BCUT2D eigenvalue weighted by Gasteiger charge is 2.23. The maximum atomic E-state index is 13.1. The first-order chi connectivity index (χ1) is 5.41. The Balaban J connectivity index is 3.00. The molecule has 0 aliphatic rings. The molecule has 0 fully saturated rings. The van der Waals surface area contributed by atoms with Crippen LogP contribution in [0.15, 0.2) is 6.20 Å². The highest BCUT2D eigenvalue weighted by atomic mass is 19.1. The number of imidazole rings is 1. The molecule has 0 aromatic carbocycles. The summed E-state index contributed by atoms with van der Waals surface area (Å²) in [7, 11) is 0. The fraction of sp³-hybridized carbons (Fsp3) is 0.429. The third-order valence-electron chi connectivity index (χ3n) is 1.37. The van der Waals surface area contributed by atoms with Crippen LogP contribution in [0.2, 0.25) is 0 Å². The number of aromatic nitrogens is 2. The zero-order valence-electron chi connectivity index (χ0n) is 6.76. The number of carbonyl (C=O) groups is 1. The van der Waals surface area contributed by atoms with Crippen LogP contribution in [-0.2, 0) is 5.67 Å². The Morgan fingerprint density at radius 2 is 2.33 bits per heavy atom. The average Bonchev–Trinajstić information content (AvgIpc) is 2.30. The molecule has 0 spiro atoms. The molecule has 0 unspecified atom stereocenters. The van der Waals surface area contributed by atoms with Crippen LogP contribution >= 0.6 is 0 Å². The van der Waals surface area contributed by atoms with Gasteiger partial charge in [0.2, 0.25) is 0 Å². The summed E-state index contributed by atoms with van der Waals surface area (Å²) in [6.45, 7) is 2.61. The van der Waals surface area contributed by atoms with Crippen molar-refractivity contribution < 1.29 is 14.3 Å². The van der Waals surface area contributed by atoms with Crippen molar-refractivity contribution in [3.05, 3.63) is 17.7 Å². The number of hydrogen-bond donors (Lipinski definition) is 2. The molecule has 1 rings (SSSR count). The molecule has 2 N–H and O–H groups in total. The summed E-state index contributed by atoms with van der Waals surface area (Å²) in [6, 6.07) is 0. The van der Waals surface area contributed by atoms with Gasteiger partial charge in [0.05, 0.1) is 6.20 Å². The van der Waals surface area contributed by atoms with Gasteiger partial charge in [-0.2, -0.15) is 0 Å². The zero-order valence-corrected chi connectivity index (χ0v) is 6.76. The number of aromatic amines is 1. The van der Waals surface area contributed by atoms with Crippen LogP contribution in [0.3, 0.4) is 0 Å². The van der Waals surface area contributed by atoms with E-state index < -0.39 is 11.6 Å². The van der Waals surface area contributed by atoms with Gasteiger partial charge >= 0.3 is 5.97 Å². The van der Waals surface area contributed by atoms with E-state index in [1.165, 1.54) is 13.8 Å². The number of nitrogens with zero attached hydrogens (tertiary/aromatic N) is 1. The molecule has 1 heterocycles. The van der Waals surface area contributed by atoms with Gasteiger partial charge in [-0.05, 0) is 13.8 Å². The van der Waals surface area contributed by atoms with Crippen LogP contribution in [0.4, 0.5) is 4.39 Å². The van der Waals surface area contributed by atoms with Gasteiger partial charge in [-0.15, -0.1) is 0 Å². The van der Waals surface area contributed by atoms with Crippen LogP contribution < -0.4 is 0 Å². The van der Waals surface area contributed by atoms with Gasteiger partial charge in [0.15, 0.2) is 5.67 Å². The van der Waals surface area contributed by atoms with E-state index in [1.54, 1.807) is 0 Å². The van der Waals surface area contributed by atoms with Crippen molar-refractivity contribution in [2.24, 2.45) is 0 Å². The van der Waals surface area contributed by atoms with E-state index in [-0.39, 0.29) is 11.5 Å². The molecule has 66 valence electrons. The van der Waals surface area contributed by atoms with Gasteiger partial charge in [0.25, 0.3) is 0 Å². The second kappa shape index (κ2) is 2.58. The molecule has 0 aliphatic carbocycles. The van der Waals surface area contributed by atoms with Crippen molar-refractivity contribution in [2.45, 2.75) is 19.5 Å². The van der Waals surface area contributed by atoms with Crippen molar-refractivity contribution >= 4 is 5.97 Å².